The highest BCUT2D eigenvalue weighted by Crippen LogP contribution is 2.36. The molecule has 5 amide bonds. The highest BCUT2D eigenvalue weighted by atomic mass is 16.7. The number of nitrogens with zero attached hydrogens (tertiary/aromatic N) is 6. The summed E-state index contributed by atoms with van der Waals surface area (Å²) in [6.45, 7) is 14.1. The third-order valence-corrected chi connectivity index (χ3v) is 15.6. The Hall–Kier alpha value is -6.57. The molecule has 3 unspecified atom stereocenters. The molecule has 25 heteroatoms. The summed E-state index contributed by atoms with van der Waals surface area (Å²) in [5.74, 6) is -5.05. The number of hydrogen-bond acceptors (Lipinski definition) is 17. The molecule has 2 fully saturated rings. The zero-order valence-electron chi connectivity index (χ0n) is 48.2. The van der Waals surface area contributed by atoms with Crippen molar-refractivity contribution >= 4 is 46.7 Å². The van der Waals surface area contributed by atoms with Crippen LogP contribution in [0.2, 0.25) is 0 Å². The third kappa shape index (κ3) is 15.5. The number of ether oxygens (including phenoxy) is 5. The van der Waals surface area contributed by atoms with Crippen molar-refractivity contribution in [3.8, 4) is 5.75 Å². The van der Waals surface area contributed by atoms with Crippen LogP contribution in [0.5, 0.6) is 5.75 Å². The zero-order valence-corrected chi connectivity index (χ0v) is 48.2. The quantitative estimate of drug-likeness (QED) is 0.0316. The van der Waals surface area contributed by atoms with Crippen LogP contribution in [0.3, 0.4) is 0 Å². The van der Waals surface area contributed by atoms with Gasteiger partial charge in [0.05, 0.1) is 60.7 Å². The molecule has 2 aromatic carbocycles. The van der Waals surface area contributed by atoms with E-state index in [0.717, 1.165) is 4.90 Å². The van der Waals surface area contributed by atoms with Crippen LogP contribution < -0.4 is 15.4 Å². The summed E-state index contributed by atoms with van der Waals surface area (Å²) in [6, 6.07) is 9.31. The van der Waals surface area contributed by atoms with Gasteiger partial charge in [0.1, 0.15) is 54.1 Å². The summed E-state index contributed by atoms with van der Waals surface area (Å²) < 4.78 is 34.8. The molecule has 15 atom stereocenters. The number of carbonyl (C=O) groups excluding carboxylic acids is 5. The Morgan fingerprint density at radius 3 is 2.16 bits per heavy atom. The van der Waals surface area contributed by atoms with Crippen molar-refractivity contribution in [2.24, 2.45) is 28.8 Å². The number of amides is 5. The Morgan fingerprint density at radius 2 is 1.57 bits per heavy atom. The van der Waals surface area contributed by atoms with Gasteiger partial charge in [0.2, 0.25) is 29.9 Å². The van der Waals surface area contributed by atoms with Crippen molar-refractivity contribution in [2.75, 3.05) is 34.9 Å². The van der Waals surface area contributed by atoms with Crippen LogP contribution in [-0.2, 0) is 56.1 Å². The largest absolute Gasteiger partial charge is 0.479 e. The number of benzene rings is 2. The maximum atomic E-state index is 14.8. The fourth-order valence-corrected chi connectivity index (χ4v) is 10.8. The fourth-order valence-electron chi connectivity index (χ4n) is 10.8. The number of likely N-dealkylation sites (tertiary alicyclic amines) is 1. The van der Waals surface area contributed by atoms with E-state index in [0.29, 0.717) is 31.4 Å². The normalized spacial score (nSPS) is 22.5. The van der Waals surface area contributed by atoms with E-state index in [1.807, 2.05) is 32.0 Å². The number of aliphatic hydroxyl groups is 4. The second-order valence-corrected chi connectivity index (χ2v) is 21.7. The lowest BCUT2D eigenvalue weighted by Gasteiger charge is -2.41. The van der Waals surface area contributed by atoms with Crippen molar-refractivity contribution in [3.63, 3.8) is 0 Å². The number of carboxylic acids is 1. The van der Waals surface area contributed by atoms with E-state index in [-0.39, 0.29) is 58.7 Å². The second-order valence-electron chi connectivity index (χ2n) is 21.7. The van der Waals surface area contributed by atoms with Crippen LogP contribution in [0, 0.1) is 23.7 Å². The van der Waals surface area contributed by atoms with Gasteiger partial charge in [-0.2, -0.15) is 0 Å². The molecule has 0 bridgehead atoms. The van der Waals surface area contributed by atoms with E-state index in [1.165, 1.54) is 44.4 Å². The topological polar surface area (TPSA) is 345 Å². The molecule has 1 aromatic heterocycles. The van der Waals surface area contributed by atoms with Crippen LogP contribution in [0.25, 0.3) is 21.4 Å². The van der Waals surface area contributed by atoms with Gasteiger partial charge in [-0.25, -0.2) is 9.59 Å². The molecule has 2 aliphatic rings. The number of furan rings is 1. The number of carbonyl (C=O) groups is 6. The summed E-state index contributed by atoms with van der Waals surface area (Å²) in [5, 5.41) is 61.1. The molecule has 3 heterocycles. The smallest absolute Gasteiger partial charge is 0.410 e. The molecule has 0 radical (unpaired) electrons. The van der Waals surface area contributed by atoms with Crippen molar-refractivity contribution in [1.82, 2.24) is 25.3 Å². The minimum Gasteiger partial charge on any atom is -0.479 e. The van der Waals surface area contributed by atoms with E-state index in [9.17, 15) is 54.3 Å². The first-order chi connectivity index (χ1) is 38.3. The summed E-state index contributed by atoms with van der Waals surface area (Å²) in [7, 11) is 5.98. The number of fused-ring (bicyclic) bond motifs is 1. The molecule has 0 spiro atoms. The van der Waals surface area contributed by atoms with E-state index in [2.05, 4.69) is 20.7 Å². The van der Waals surface area contributed by atoms with Crippen molar-refractivity contribution in [2.45, 2.75) is 173 Å². The van der Waals surface area contributed by atoms with E-state index in [1.54, 1.807) is 65.6 Å². The van der Waals surface area contributed by atoms with Gasteiger partial charge in [-0.15, -0.1) is 0 Å². The number of rotatable bonds is 27. The van der Waals surface area contributed by atoms with E-state index in [4.69, 9.17) is 33.6 Å². The molecular formula is C56H82N8O17. The lowest BCUT2D eigenvalue weighted by atomic mass is 9.89. The Kier molecular flexibility index (Phi) is 23.7. The predicted molar refractivity (Wildman–Crippen MR) is 292 cm³/mol. The molecule has 2 saturated heterocycles. The number of likely N-dealkylation sites (N-methyl/N-ethyl adjacent to an activating group) is 2. The fraction of sp³-hybridized carbons (Fsp3) is 0.643. The van der Waals surface area contributed by atoms with Gasteiger partial charge in [0.15, 0.2) is 6.10 Å². The van der Waals surface area contributed by atoms with Crippen LogP contribution >= 0.6 is 0 Å². The molecule has 2 aliphatic heterocycles. The van der Waals surface area contributed by atoms with Crippen LogP contribution in [0.4, 0.5) is 4.79 Å². The van der Waals surface area contributed by atoms with Gasteiger partial charge in [-0.1, -0.05) is 90.3 Å². The zero-order chi connectivity index (χ0) is 60.2. The number of aliphatic hydroxyl groups excluding tert-OH is 4. The SMILES string of the molecule is CC[C@H](C)[C@@H](C(CC(=O)N1CCC[C@H]1C(OC)[C@@H](C)C(=O)N[C@H](C)C(O)c1ccccc1)OC)N(C)C(=O)[C@@H](NC(=O)[C@H](C(C)C)N(C)C(=O)OCc1ccc(O[C@@H]2O[C@H](C(=O)O)[C@@H](O)[C@H](O)[C@H]2O)c2cc(CN=[N+]=[N-])oc12)C(C)C. The lowest BCUT2D eigenvalue weighted by Crippen LogP contribution is -2.61. The number of methoxy groups -OCH3 is 2. The average Bonchev–Trinajstić information content (AvgIpc) is 4.24. The van der Waals surface area contributed by atoms with Crippen LogP contribution in [0.1, 0.15) is 104 Å². The van der Waals surface area contributed by atoms with Crippen molar-refractivity contribution in [3.05, 3.63) is 75.9 Å². The van der Waals surface area contributed by atoms with Gasteiger partial charge in [0, 0.05) is 45.3 Å². The van der Waals surface area contributed by atoms with Gasteiger partial charge in [-0.3, -0.25) is 24.1 Å². The van der Waals surface area contributed by atoms with Gasteiger partial charge < -0.3 is 74.1 Å². The second kappa shape index (κ2) is 29.4. The minimum absolute atomic E-state index is 0.0443. The number of nitrogens with one attached hydrogen (secondary N) is 2. The Labute approximate surface area is 471 Å². The number of azide groups is 1. The van der Waals surface area contributed by atoms with Crippen LogP contribution in [0.15, 0.2) is 58.1 Å². The van der Waals surface area contributed by atoms with Crippen molar-refractivity contribution in [1.29, 1.82) is 0 Å². The van der Waals surface area contributed by atoms with Gasteiger partial charge in [0.25, 0.3) is 0 Å². The molecule has 25 nitrogen and oxygen atoms in total. The number of hydrogen-bond donors (Lipinski definition) is 7. The highest BCUT2D eigenvalue weighted by molar-refractivity contribution is 5.92. The first kappa shape index (κ1) is 65.2. The maximum Gasteiger partial charge on any atom is 0.410 e. The van der Waals surface area contributed by atoms with Gasteiger partial charge in [-0.05, 0) is 66.8 Å². The molecule has 7 N–H and O–H groups in total. The molecule has 3 aromatic rings. The summed E-state index contributed by atoms with van der Waals surface area (Å²) in [4.78, 5) is 90.0. The van der Waals surface area contributed by atoms with Gasteiger partial charge >= 0.3 is 12.1 Å². The highest BCUT2D eigenvalue weighted by Gasteiger charge is 2.49. The molecular weight excluding hydrogens is 1060 g/mol. The third-order valence-electron chi connectivity index (χ3n) is 15.6. The first-order valence-electron chi connectivity index (χ1n) is 27.3. The summed E-state index contributed by atoms with van der Waals surface area (Å²) >= 11 is 0. The van der Waals surface area contributed by atoms with E-state index < -0.39 is 127 Å². The molecule has 0 aliphatic carbocycles. The molecule has 5 rings (SSSR count). The van der Waals surface area contributed by atoms with Crippen molar-refractivity contribution < 1.29 is 82.4 Å². The van der Waals surface area contributed by atoms with E-state index >= 15 is 0 Å². The lowest BCUT2D eigenvalue weighted by molar-refractivity contribution is -0.270. The molecule has 81 heavy (non-hydrogen) atoms. The monoisotopic (exact) mass is 1140 g/mol. The Morgan fingerprint density at radius 1 is 0.889 bits per heavy atom. The summed E-state index contributed by atoms with van der Waals surface area (Å²) in [5.41, 5.74) is 9.96. The minimum atomic E-state index is -1.96. The summed E-state index contributed by atoms with van der Waals surface area (Å²) in [6.07, 6.45) is -11.1. The maximum absolute atomic E-state index is 14.8. The first-order valence-corrected chi connectivity index (χ1v) is 27.3. The number of carboxylic acid groups (broad SMARTS) is 1. The number of aliphatic carboxylic acids is 1. The average molecular weight is 1140 g/mol. The standard InChI is InChI=1S/C56H82N8O17/c1-13-30(6)43(39(76-11)25-40(65)64-23-17-20-37(64)48(77-12)31(7)51(70)59-32(8)44(66)33-18-15-14-16-19-33)62(9)53(72)41(28(2)3)60-52(71)42(29(4)5)63(10)56(75)78-27-34-21-22-38(36-24-35(26-58-61-57)79-49(34)36)80-55-47(69)45(67)46(68)50(81-55)54(73)74/h14-16,18-19,21-22,24,28-32,37,39,41-48,50,55,66-69H,13,17,20,23,25-27H2,1-12H3,(H,59,70)(H,60,71)(H,73,74)/t30-,31+,32+,37-,39?,41-,42-,43-,44?,45-,46-,47+,48?,50-,55+/m0/s1. The molecule has 448 valence electrons. The molecule has 0 saturated carbocycles. The predicted octanol–water partition coefficient (Wildman–Crippen LogP) is 4.41. The van der Waals surface area contributed by atoms with Crippen LogP contribution in [-0.4, -0.2) is 184 Å². The Bertz CT molecular complexity index is 2670. The Balaban J connectivity index is 1.28.